The minimum atomic E-state index is -3.23. The van der Waals surface area contributed by atoms with Crippen molar-refractivity contribution in [3.05, 3.63) is 56.7 Å². The normalized spacial score (nSPS) is 12.4. The fourth-order valence-corrected chi connectivity index (χ4v) is 5.04. The van der Waals surface area contributed by atoms with Gasteiger partial charge in [0.1, 0.15) is 6.04 Å². The van der Waals surface area contributed by atoms with Crippen LogP contribution in [0, 0.1) is 0 Å². The lowest BCUT2D eigenvalue weighted by atomic mass is 10.2. The molecule has 1 atom stereocenters. The molecule has 0 saturated carbocycles. The van der Waals surface area contributed by atoms with Crippen molar-refractivity contribution in [3.63, 3.8) is 0 Å². The van der Waals surface area contributed by atoms with E-state index in [4.69, 9.17) is 0 Å². The number of thiophene rings is 1. The molecule has 9 heteroatoms. The van der Waals surface area contributed by atoms with Crippen LogP contribution in [0.1, 0.15) is 28.6 Å². The van der Waals surface area contributed by atoms with Crippen LogP contribution in [-0.4, -0.2) is 38.6 Å². The van der Waals surface area contributed by atoms with E-state index in [0.29, 0.717) is 11.3 Å². The zero-order chi connectivity index (χ0) is 19.9. The van der Waals surface area contributed by atoms with Crippen molar-refractivity contribution in [2.24, 2.45) is 0 Å². The summed E-state index contributed by atoms with van der Waals surface area (Å²) in [7, 11) is -3.23. The molecule has 0 aliphatic heterocycles. The number of hydrogen-bond acceptors (Lipinski definition) is 5. The molecule has 0 fully saturated rings. The predicted octanol–water partition coefficient (Wildman–Crippen LogP) is 2.75. The number of halogens is 1. The van der Waals surface area contributed by atoms with Crippen LogP contribution in [0.2, 0.25) is 0 Å². The van der Waals surface area contributed by atoms with Gasteiger partial charge >= 0.3 is 0 Å². The Labute approximate surface area is 171 Å². The molecule has 2 N–H and O–H groups in total. The Morgan fingerprint density at radius 3 is 2.48 bits per heavy atom. The third-order valence-corrected chi connectivity index (χ3v) is 7.00. The summed E-state index contributed by atoms with van der Waals surface area (Å²) in [5.41, 5.74) is 0.748. The first kappa shape index (κ1) is 21.6. The highest BCUT2D eigenvalue weighted by Gasteiger charge is 2.18. The number of benzene rings is 1. The van der Waals surface area contributed by atoms with Crippen LogP contribution in [0.15, 0.2) is 46.3 Å². The first-order chi connectivity index (χ1) is 12.8. The second kappa shape index (κ2) is 10.0. The van der Waals surface area contributed by atoms with Gasteiger partial charge in [0, 0.05) is 6.54 Å². The molecule has 1 unspecified atom stereocenters. The van der Waals surface area contributed by atoms with Crippen LogP contribution in [0.25, 0.3) is 0 Å². The summed E-state index contributed by atoms with van der Waals surface area (Å²) in [6.07, 6.45) is 0.319. The number of hydrogen-bond donors (Lipinski definition) is 2. The maximum Gasteiger partial charge on any atom is 0.262 e. The molecule has 1 aromatic heterocycles. The minimum Gasteiger partial charge on any atom is -0.354 e. The van der Waals surface area contributed by atoms with E-state index in [9.17, 15) is 18.0 Å². The van der Waals surface area contributed by atoms with Gasteiger partial charge in [0.15, 0.2) is 9.84 Å². The van der Waals surface area contributed by atoms with E-state index in [0.717, 1.165) is 9.35 Å². The van der Waals surface area contributed by atoms with E-state index < -0.39 is 15.9 Å². The van der Waals surface area contributed by atoms with Crippen molar-refractivity contribution in [2.45, 2.75) is 25.1 Å². The summed E-state index contributed by atoms with van der Waals surface area (Å²) < 4.78 is 25.1. The standard InChI is InChI=1S/C18H21BrN2O4S2/c1-13(21-18(23)15-8-9-16(19)26-15)17(22)20-10-5-11-27(24,25)12-14-6-3-2-4-7-14/h2-4,6-9,13H,5,10-12H2,1H3,(H,20,22)(H,21,23). The first-order valence-electron chi connectivity index (χ1n) is 8.35. The van der Waals surface area contributed by atoms with Crippen molar-refractivity contribution in [2.75, 3.05) is 12.3 Å². The second-order valence-electron chi connectivity index (χ2n) is 6.02. The van der Waals surface area contributed by atoms with Gasteiger partial charge in [-0.1, -0.05) is 30.3 Å². The molecule has 0 aliphatic rings. The van der Waals surface area contributed by atoms with Gasteiger partial charge in [0.2, 0.25) is 5.91 Å². The van der Waals surface area contributed by atoms with Gasteiger partial charge < -0.3 is 10.6 Å². The maximum absolute atomic E-state index is 12.1. The number of carbonyl (C=O) groups excluding carboxylic acids is 2. The van der Waals surface area contributed by atoms with Crippen molar-refractivity contribution in [1.29, 1.82) is 0 Å². The maximum atomic E-state index is 12.1. The van der Waals surface area contributed by atoms with Crippen LogP contribution in [0.3, 0.4) is 0 Å². The molecule has 6 nitrogen and oxygen atoms in total. The van der Waals surface area contributed by atoms with E-state index in [1.54, 1.807) is 43.3 Å². The van der Waals surface area contributed by atoms with E-state index in [2.05, 4.69) is 26.6 Å². The smallest absolute Gasteiger partial charge is 0.262 e. The van der Waals surface area contributed by atoms with Crippen molar-refractivity contribution in [3.8, 4) is 0 Å². The fraction of sp³-hybridized carbons (Fsp3) is 0.333. The Balaban J connectivity index is 1.71. The van der Waals surface area contributed by atoms with Gasteiger partial charge in [0.05, 0.1) is 20.2 Å². The highest BCUT2D eigenvalue weighted by atomic mass is 79.9. The van der Waals surface area contributed by atoms with Gasteiger partial charge in [-0.05, 0) is 47.0 Å². The van der Waals surface area contributed by atoms with Crippen LogP contribution in [-0.2, 0) is 20.4 Å². The molecule has 0 bridgehead atoms. The van der Waals surface area contributed by atoms with Gasteiger partial charge in [-0.15, -0.1) is 11.3 Å². The zero-order valence-corrected chi connectivity index (χ0v) is 18.0. The lowest BCUT2D eigenvalue weighted by Crippen LogP contribution is -2.45. The number of carbonyl (C=O) groups is 2. The molecule has 0 spiro atoms. The van der Waals surface area contributed by atoms with Crippen LogP contribution >= 0.6 is 27.3 Å². The van der Waals surface area contributed by atoms with E-state index in [-0.39, 0.29) is 29.9 Å². The molecular formula is C18H21BrN2O4S2. The third kappa shape index (κ3) is 7.43. The lowest BCUT2D eigenvalue weighted by Gasteiger charge is -2.13. The number of nitrogens with one attached hydrogen (secondary N) is 2. The monoisotopic (exact) mass is 472 g/mol. The molecule has 0 radical (unpaired) electrons. The SMILES string of the molecule is CC(NC(=O)c1ccc(Br)s1)C(=O)NCCCS(=O)(=O)Cc1ccccc1. The molecule has 0 saturated heterocycles. The van der Waals surface area contributed by atoms with E-state index >= 15 is 0 Å². The number of sulfone groups is 1. The summed E-state index contributed by atoms with van der Waals surface area (Å²) in [4.78, 5) is 24.6. The topological polar surface area (TPSA) is 92.3 Å². The minimum absolute atomic E-state index is 0.00780. The van der Waals surface area contributed by atoms with Crippen molar-refractivity contribution in [1.82, 2.24) is 10.6 Å². The Morgan fingerprint density at radius 1 is 1.15 bits per heavy atom. The van der Waals surface area contributed by atoms with Crippen LogP contribution < -0.4 is 10.6 Å². The first-order valence-corrected chi connectivity index (χ1v) is 11.8. The molecule has 146 valence electrons. The zero-order valence-electron chi connectivity index (χ0n) is 14.8. The molecule has 27 heavy (non-hydrogen) atoms. The summed E-state index contributed by atoms with van der Waals surface area (Å²) in [6.45, 7) is 1.82. The average molecular weight is 473 g/mol. The Bertz CT molecular complexity index is 882. The molecule has 1 heterocycles. The highest BCUT2D eigenvalue weighted by Crippen LogP contribution is 2.21. The molecule has 0 aliphatic carbocycles. The average Bonchev–Trinajstić information content (AvgIpc) is 3.05. The largest absolute Gasteiger partial charge is 0.354 e. The third-order valence-electron chi connectivity index (χ3n) is 3.70. The quantitative estimate of drug-likeness (QED) is 0.548. The summed E-state index contributed by atoms with van der Waals surface area (Å²) in [5, 5.41) is 5.28. The Hall–Kier alpha value is -1.71. The van der Waals surface area contributed by atoms with Crippen molar-refractivity contribution >= 4 is 48.9 Å². The molecular weight excluding hydrogens is 452 g/mol. The lowest BCUT2D eigenvalue weighted by molar-refractivity contribution is -0.122. The van der Waals surface area contributed by atoms with Crippen molar-refractivity contribution < 1.29 is 18.0 Å². The molecule has 1 aromatic carbocycles. The summed E-state index contributed by atoms with van der Waals surface area (Å²) in [6, 6.07) is 11.7. The van der Waals surface area contributed by atoms with Crippen LogP contribution in [0.4, 0.5) is 0 Å². The van der Waals surface area contributed by atoms with Gasteiger partial charge in [-0.2, -0.15) is 0 Å². The summed E-state index contributed by atoms with van der Waals surface area (Å²) >= 11 is 4.57. The number of rotatable bonds is 9. The van der Waals surface area contributed by atoms with E-state index in [1.807, 2.05) is 6.07 Å². The molecule has 2 aromatic rings. The van der Waals surface area contributed by atoms with Gasteiger partial charge in [-0.25, -0.2) is 8.42 Å². The highest BCUT2D eigenvalue weighted by molar-refractivity contribution is 9.11. The Morgan fingerprint density at radius 2 is 1.85 bits per heavy atom. The predicted molar refractivity (Wildman–Crippen MR) is 111 cm³/mol. The van der Waals surface area contributed by atoms with Gasteiger partial charge in [-0.3, -0.25) is 9.59 Å². The summed E-state index contributed by atoms with van der Waals surface area (Å²) in [5.74, 6) is -0.685. The fourth-order valence-electron chi connectivity index (χ4n) is 2.33. The van der Waals surface area contributed by atoms with Crippen LogP contribution in [0.5, 0.6) is 0 Å². The second-order valence-corrected chi connectivity index (χ2v) is 10.7. The van der Waals surface area contributed by atoms with Gasteiger partial charge in [0.25, 0.3) is 5.91 Å². The Kier molecular flexibility index (Phi) is 8.00. The molecule has 2 amide bonds. The van der Waals surface area contributed by atoms with E-state index in [1.165, 1.54) is 11.3 Å². The number of amides is 2. The molecule has 2 rings (SSSR count).